The van der Waals surface area contributed by atoms with Gasteiger partial charge in [-0.25, -0.2) is 0 Å². The molecule has 0 bridgehead atoms. The topological polar surface area (TPSA) is 133 Å². The maximum Gasteiger partial charge on any atom is 0.270 e. The van der Waals surface area contributed by atoms with Crippen LogP contribution < -0.4 is 10.1 Å². The van der Waals surface area contributed by atoms with Crippen LogP contribution in [0.5, 0.6) is 5.75 Å². The fourth-order valence-corrected chi connectivity index (χ4v) is 2.18. The second kappa shape index (κ2) is 7.38. The number of non-ortho nitro benzene ring substituents is 1. The molecule has 0 saturated heterocycles. The number of aromatic nitrogens is 3. The molecule has 3 aromatic rings. The van der Waals surface area contributed by atoms with Crippen molar-refractivity contribution in [2.75, 3.05) is 7.11 Å². The highest BCUT2D eigenvalue weighted by molar-refractivity contribution is 5.97. The minimum Gasteiger partial charge on any atom is -0.496 e. The molecule has 0 aliphatic heterocycles. The molecule has 1 N–H and O–H groups in total. The molecule has 2 heterocycles. The molecule has 3 rings (SSSR count). The number of hydrogen-bond donors (Lipinski definition) is 1. The van der Waals surface area contributed by atoms with E-state index in [1.165, 1.54) is 19.2 Å². The largest absolute Gasteiger partial charge is 0.496 e. The first-order valence-corrected chi connectivity index (χ1v) is 7.42. The molecule has 2 aromatic heterocycles. The van der Waals surface area contributed by atoms with Crippen LogP contribution in [0.3, 0.4) is 0 Å². The summed E-state index contributed by atoms with van der Waals surface area (Å²) >= 11 is 0. The van der Waals surface area contributed by atoms with Gasteiger partial charge in [0.1, 0.15) is 5.75 Å². The number of hydrogen-bond acceptors (Lipinski definition) is 8. The molecular weight excluding hydrogens is 342 g/mol. The van der Waals surface area contributed by atoms with E-state index in [0.717, 1.165) is 11.6 Å². The molecule has 0 radical (unpaired) electrons. The lowest BCUT2D eigenvalue weighted by atomic mass is 10.1. The van der Waals surface area contributed by atoms with Crippen LogP contribution in [0.1, 0.15) is 16.2 Å². The summed E-state index contributed by atoms with van der Waals surface area (Å²) in [6.45, 7) is -0.0389. The number of amides is 1. The number of nitrogens with one attached hydrogen (secondary N) is 1. The van der Waals surface area contributed by atoms with Crippen LogP contribution in [0.4, 0.5) is 5.69 Å². The van der Waals surface area contributed by atoms with Crippen LogP contribution in [0, 0.1) is 10.1 Å². The summed E-state index contributed by atoms with van der Waals surface area (Å²) in [5.41, 5.74) is 0.547. The molecule has 10 nitrogen and oxygen atoms in total. The van der Waals surface area contributed by atoms with Gasteiger partial charge in [-0.3, -0.25) is 19.9 Å². The van der Waals surface area contributed by atoms with Crippen molar-refractivity contribution in [3.05, 3.63) is 64.3 Å². The monoisotopic (exact) mass is 355 g/mol. The number of carbonyl (C=O) groups is 1. The number of benzene rings is 1. The van der Waals surface area contributed by atoms with Crippen LogP contribution in [0.25, 0.3) is 11.4 Å². The van der Waals surface area contributed by atoms with E-state index in [9.17, 15) is 14.9 Å². The Hall–Kier alpha value is -3.82. The lowest BCUT2D eigenvalue weighted by Gasteiger charge is -2.07. The Kier molecular flexibility index (Phi) is 4.83. The van der Waals surface area contributed by atoms with Crippen molar-refractivity contribution in [1.29, 1.82) is 0 Å². The SMILES string of the molecule is COc1ccc([N+](=O)[O-])cc1C(=O)NCc1nc(-c2ccncc2)no1. The predicted molar refractivity (Wildman–Crippen MR) is 88.3 cm³/mol. The molecule has 132 valence electrons. The van der Waals surface area contributed by atoms with E-state index in [1.807, 2.05) is 0 Å². The van der Waals surface area contributed by atoms with Gasteiger partial charge in [-0.15, -0.1) is 0 Å². The molecule has 10 heteroatoms. The summed E-state index contributed by atoms with van der Waals surface area (Å²) in [5.74, 6) is 0.212. The molecule has 26 heavy (non-hydrogen) atoms. The molecule has 0 saturated carbocycles. The maximum atomic E-state index is 12.3. The first kappa shape index (κ1) is 17.0. The maximum absolute atomic E-state index is 12.3. The van der Waals surface area contributed by atoms with Gasteiger partial charge in [-0.2, -0.15) is 4.98 Å². The summed E-state index contributed by atoms with van der Waals surface area (Å²) in [4.78, 5) is 30.7. The summed E-state index contributed by atoms with van der Waals surface area (Å²) in [7, 11) is 1.37. The van der Waals surface area contributed by atoms with E-state index in [2.05, 4.69) is 20.4 Å². The summed E-state index contributed by atoms with van der Waals surface area (Å²) < 4.78 is 10.2. The van der Waals surface area contributed by atoms with Gasteiger partial charge in [-0.05, 0) is 18.2 Å². The van der Waals surface area contributed by atoms with Gasteiger partial charge in [0.15, 0.2) is 0 Å². The number of methoxy groups -OCH3 is 1. The van der Waals surface area contributed by atoms with Gasteiger partial charge in [0.25, 0.3) is 11.6 Å². The van der Waals surface area contributed by atoms with E-state index in [4.69, 9.17) is 9.26 Å². The molecule has 0 aliphatic rings. The molecule has 0 aliphatic carbocycles. The van der Waals surface area contributed by atoms with Crippen molar-refractivity contribution in [1.82, 2.24) is 20.4 Å². The van der Waals surface area contributed by atoms with Crippen molar-refractivity contribution >= 4 is 11.6 Å². The third-order valence-electron chi connectivity index (χ3n) is 3.45. The second-order valence-corrected chi connectivity index (χ2v) is 5.07. The van der Waals surface area contributed by atoms with Crippen molar-refractivity contribution in [3.63, 3.8) is 0 Å². The average Bonchev–Trinajstić information content (AvgIpc) is 3.15. The third-order valence-corrected chi connectivity index (χ3v) is 3.45. The van der Waals surface area contributed by atoms with Crippen LogP contribution in [0.2, 0.25) is 0 Å². The minimum atomic E-state index is -0.588. The lowest BCUT2D eigenvalue weighted by molar-refractivity contribution is -0.384. The third kappa shape index (κ3) is 3.64. The Balaban J connectivity index is 1.72. The van der Waals surface area contributed by atoms with Crippen molar-refractivity contribution < 1.29 is 19.0 Å². The van der Waals surface area contributed by atoms with E-state index in [1.54, 1.807) is 24.5 Å². The Morgan fingerprint density at radius 2 is 2.08 bits per heavy atom. The van der Waals surface area contributed by atoms with Gasteiger partial charge in [0.05, 0.1) is 24.1 Å². The molecule has 1 amide bonds. The number of pyridine rings is 1. The Bertz CT molecular complexity index is 941. The van der Waals surface area contributed by atoms with Gasteiger partial charge in [0, 0.05) is 30.1 Å². The number of rotatable bonds is 6. The van der Waals surface area contributed by atoms with Crippen molar-refractivity contribution in [2.45, 2.75) is 6.54 Å². The molecule has 0 fully saturated rings. The Morgan fingerprint density at radius 1 is 1.31 bits per heavy atom. The van der Waals surface area contributed by atoms with Crippen LogP contribution in [-0.4, -0.2) is 33.1 Å². The first-order valence-electron chi connectivity index (χ1n) is 7.42. The summed E-state index contributed by atoms with van der Waals surface area (Å²) in [6.07, 6.45) is 3.20. The molecule has 0 unspecified atom stereocenters. The van der Waals surface area contributed by atoms with E-state index < -0.39 is 10.8 Å². The summed E-state index contributed by atoms with van der Waals surface area (Å²) in [5, 5.41) is 17.3. The highest BCUT2D eigenvalue weighted by Crippen LogP contribution is 2.24. The zero-order valence-electron chi connectivity index (χ0n) is 13.6. The zero-order chi connectivity index (χ0) is 18.5. The number of nitro benzene ring substituents is 1. The van der Waals surface area contributed by atoms with Crippen LogP contribution in [0.15, 0.2) is 47.2 Å². The highest BCUT2D eigenvalue weighted by Gasteiger charge is 2.18. The van der Waals surface area contributed by atoms with E-state index in [-0.39, 0.29) is 29.4 Å². The van der Waals surface area contributed by atoms with Gasteiger partial charge in [0.2, 0.25) is 11.7 Å². The molecule has 1 aromatic carbocycles. The van der Waals surface area contributed by atoms with Crippen molar-refractivity contribution in [2.24, 2.45) is 0 Å². The minimum absolute atomic E-state index is 0.0376. The lowest BCUT2D eigenvalue weighted by Crippen LogP contribution is -2.23. The molecule has 0 spiro atoms. The quantitative estimate of drug-likeness (QED) is 0.524. The molecule has 0 atom stereocenters. The number of nitrogens with zero attached hydrogens (tertiary/aromatic N) is 4. The van der Waals surface area contributed by atoms with E-state index >= 15 is 0 Å². The molecular formula is C16H13N5O5. The fourth-order valence-electron chi connectivity index (χ4n) is 2.18. The summed E-state index contributed by atoms with van der Waals surface area (Å²) in [6, 6.07) is 7.21. The number of carbonyl (C=O) groups excluding carboxylic acids is 1. The second-order valence-electron chi connectivity index (χ2n) is 5.07. The van der Waals surface area contributed by atoms with Gasteiger partial charge >= 0.3 is 0 Å². The zero-order valence-corrected chi connectivity index (χ0v) is 13.6. The normalized spacial score (nSPS) is 10.3. The first-order chi connectivity index (χ1) is 12.6. The van der Waals surface area contributed by atoms with Gasteiger partial charge < -0.3 is 14.6 Å². The smallest absolute Gasteiger partial charge is 0.270 e. The number of ether oxygens (including phenoxy) is 1. The standard InChI is InChI=1S/C16H13N5O5/c1-25-13-3-2-11(21(23)24)8-12(13)16(22)18-9-14-19-15(20-26-14)10-4-6-17-7-5-10/h2-8H,9H2,1H3,(H,18,22). The number of nitro groups is 1. The fraction of sp³-hybridized carbons (Fsp3) is 0.125. The average molecular weight is 355 g/mol. The van der Waals surface area contributed by atoms with Crippen molar-refractivity contribution in [3.8, 4) is 17.1 Å². The highest BCUT2D eigenvalue weighted by atomic mass is 16.6. The Morgan fingerprint density at radius 3 is 2.77 bits per heavy atom. The van der Waals surface area contributed by atoms with Crippen LogP contribution >= 0.6 is 0 Å². The van der Waals surface area contributed by atoms with Gasteiger partial charge in [-0.1, -0.05) is 5.16 Å². The predicted octanol–water partition coefficient (Wildman–Crippen LogP) is 1.98. The Labute approximate surface area is 147 Å². The van der Waals surface area contributed by atoms with Crippen LogP contribution in [-0.2, 0) is 6.54 Å². The van der Waals surface area contributed by atoms with E-state index in [0.29, 0.717) is 5.82 Å².